The van der Waals surface area contributed by atoms with Crippen LogP contribution < -0.4 is 4.74 Å². The lowest BCUT2D eigenvalue weighted by molar-refractivity contribution is 0.305. The molecule has 0 saturated heterocycles. The highest BCUT2D eigenvalue weighted by molar-refractivity contribution is 5.20. The summed E-state index contributed by atoms with van der Waals surface area (Å²) in [5.74, 6) is 0.810. The van der Waals surface area contributed by atoms with Crippen molar-refractivity contribution in [3.63, 3.8) is 0 Å². The summed E-state index contributed by atoms with van der Waals surface area (Å²) in [5.41, 5.74) is 2.17. The molecule has 0 bridgehead atoms. The van der Waals surface area contributed by atoms with E-state index in [-0.39, 0.29) is 0 Å². The Bertz CT molecular complexity index is 409. The van der Waals surface area contributed by atoms with E-state index in [0.717, 1.165) is 17.0 Å². The molecule has 0 aliphatic rings. The van der Waals surface area contributed by atoms with Crippen LogP contribution in [-0.4, -0.2) is 4.98 Å². The van der Waals surface area contributed by atoms with Gasteiger partial charge in [-0.25, -0.2) is 0 Å². The monoisotopic (exact) mass is 229 g/mol. The first-order valence-corrected chi connectivity index (χ1v) is 5.94. The summed E-state index contributed by atoms with van der Waals surface area (Å²) in [4.78, 5) is 4.17. The van der Waals surface area contributed by atoms with Crippen LogP contribution in [0.3, 0.4) is 0 Å². The summed E-state index contributed by atoms with van der Waals surface area (Å²) in [6.45, 7) is 6.55. The van der Waals surface area contributed by atoms with Gasteiger partial charge in [0.15, 0.2) is 0 Å². The van der Waals surface area contributed by atoms with Crippen molar-refractivity contribution < 1.29 is 4.74 Å². The van der Waals surface area contributed by atoms with Crippen LogP contribution in [0.1, 0.15) is 25.1 Å². The number of hydrogen-bond acceptors (Lipinski definition) is 2. The lowest BCUT2D eigenvalue weighted by atomic mass is 10.2. The molecule has 17 heavy (non-hydrogen) atoms. The molecule has 0 saturated carbocycles. The molecule has 2 rings (SSSR count). The third-order valence-corrected chi connectivity index (χ3v) is 2.13. The van der Waals surface area contributed by atoms with Crippen LogP contribution >= 0.6 is 0 Å². The number of rotatable bonds is 3. The standard InChI is InChI=1S/C13H13NO.C2H6/c1-11-7-8-13(9-14-11)15-10-12-5-3-2-4-6-12;1-2/h2-9H,10H2,1H3;1-2H3. The number of aryl methyl sites for hydroxylation is 1. The molecule has 0 aliphatic carbocycles. The summed E-state index contributed by atoms with van der Waals surface area (Å²) in [7, 11) is 0. The summed E-state index contributed by atoms with van der Waals surface area (Å²) in [6, 6.07) is 14.0. The minimum absolute atomic E-state index is 0.589. The Morgan fingerprint density at radius 3 is 2.29 bits per heavy atom. The van der Waals surface area contributed by atoms with Gasteiger partial charge in [-0.1, -0.05) is 44.2 Å². The Hall–Kier alpha value is -1.83. The van der Waals surface area contributed by atoms with Crippen LogP contribution in [0.5, 0.6) is 5.75 Å². The SMILES string of the molecule is CC.Cc1ccc(OCc2ccccc2)cn1. The molecule has 1 heterocycles. The summed E-state index contributed by atoms with van der Waals surface area (Å²) >= 11 is 0. The van der Waals surface area contributed by atoms with Crippen molar-refractivity contribution >= 4 is 0 Å². The van der Waals surface area contributed by atoms with Crippen molar-refractivity contribution in [2.45, 2.75) is 27.4 Å². The first-order chi connectivity index (χ1) is 8.34. The van der Waals surface area contributed by atoms with Crippen molar-refractivity contribution in [2.75, 3.05) is 0 Å². The molecule has 1 aromatic carbocycles. The summed E-state index contributed by atoms with van der Waals surface area (Å²) < 4.78 is 5.58. The average Bonchev–Trinajstić information content (AvgIpc) is 2.42. The van der Waals surface area contributed by atoms with Crippen LogP contribution in [-0.2, 0) is 6.61 Å². The van der Waals surface area contributed by atoms with Gasteiger partial charge in [0.1, 0.15) is 12.4 Å². The molecule has 2 heteroatoms. The van der Waals surface area contributed by atoms with E-state index in [2.05, 4.69) is 4.98 Å². The zero-order valence-electron chi connectivity index (χ0n) is 10.7. The van der Waals surface area contributed by atoms with Crippen molar-refractivity contribution in [1.82, 2.24) is 4.98 Å². The molecule has 2 nitrogen and oxygen atoms in total. The minimum atomic E-state index is 0.589. The smallest absolute Gasteiger partial charge is 0.138 e. The molecule has 0 N–H and O–H groups in total. The highest BCUT2D eigenvalue weighted by Gasteiger charge is 1.95. The normalized spacial score (nSPS) is 9.12. The predicted molar refractivity (Wildman–Crippen MR) is 71.1 cm³/mol. The number of ether oxygens (including phenoxy) is 1. The van der Waals surface area contributed by atoms with Gasteiger partial charge < -0.3 is 4.74 Å². The minimum Gasteiger partial charge on any atom is -0.487 e. The van der Waals surface area contributed by atoms with Crippen molar-refractivity contribution in [3.05, 3.63) is 59.9 Å². The van der Waals surface area contributed by atoms with Crippen LogP contribution in [0.4, 0.5) is 0 Å². The van der Waals surface area contributed by atoms with Gasteiger partial charge >= 0.3 is 0 Å². The maximum atomic E-state index is 5.58. The topological polar surface area (TPSA) is 22.1 Å². The van der Waals surface area contributed by atoms with Crippen molar-refractivity contribution in [1.29, 1.82) is 0 Å². The fourth-order valence-electron chi connectivity index (χ4n) is 1.28. The third kappa shape index (κ3) is 4.68. The molecule has 0 fully saturated rings. The molecule has 0 atom stereocenters. The molecule has 0 radical (unpaired) electrons. The second-order valence-corrected chi connectivity index (χ2v) is 3.41. The molecular weight excluding hydrogens is 210 g/mol. The third-order valence-electron chi connectivity index (χ3n) is 2.13. The van der Waals surface area contributed by atoms with E-state index in [0.29, 0.717) is 6.61 Å². The molecule has 2 aromatic rings. The van der Waals surface area contributed by atoms with E-state index in [4.69, 9.17) is 4.74 Å². The van der Waals surface area contributed by atoms with Gasteiger partial charge in [-0.3, -0.25) is 4.98 Å². The molecule has 0 aliphatic heterocycles. The van der Waals surface area contributed by atoms with Crippen molar-refractivity contribution in [2.24, 2.45) is 0 Å². The van der Waals surface area contributed by atoms with Gasteiger partial charge in [0.05, 0.1) is 6.20 Å². The number of aromatic nitrogens is 1. The molecule has 0 unspecified atom stereocenters. The van der Waals surface area contributed by atoms with Crippen molar-refractivity contribution in [3.8, 4) is 5.75 Å². The maximum absolute atomic E-state index is 5.58. The Kier molecular flexibility index (Phi) is 5.80. The molecule has 1 aromatic heterocycles. The zero-order valence-corrected chi connectivity index (χ0v) is 10.7. The zero-order chi connectivity index (χ0) is 12.5. The Balaban J connectivity index is 0.000000686. The lowest BCUT2D eigenvalue weighted by Gasteiger charge is -2.05. The molecule has 0 spiro atoms. The Labute approximate surface area is 103 Å². The number of pyridine rings is 1. The number of hydrogen-bond donors (Lipinski definition) is 0. The quantitative estimate of drug-likeness (QED) is 0.793. The first-order valence-electron chi connectivity index (χ1n) is 5.94. The van der Waals surface area contributed by atoms with Crippen LogP contribution in [0.25, 0.3) is 0 Å². The maximum Gasteiger partial charge on any atom is 0.138 e. The van der Waals surface area contributed by atoms with E-state index in [1.807, 2.05) is 63.2 Å². The molecule has 0 amide bonds. The average molecular weight is 229 g/mol. The molecule has 90 valence electrons. The van der Waals surface area contributed by atoms with Gasteiger partial charge in [0.2, 0.25) is 0 Å². The lowest BCUT2D eigenvalue weighted by Crippen LogP contribution is -1.95. The number of benzene rings is 1. The fraction of sp³-hybridized carbons (Fsp3) is 0.267. The van der Waals surface area contributed by atoms with Gasteiger partial charge in [0, 0.05) is 5.69 Å². The highest BCUT2D eigenvalue weighted by Crippen LogP contribution is 2.11. The van der Waals surface area contributed by atoms with Gasteiger partial charge in [0.25, 0.3) is 0 Å². The van der Waals surface area contributed by atoms with Crippen LogP contribution in [0.2, 0.25) is 0 Å². The van der Waals surface area contributed by atoms with E-state index >= 15 is 0 Å². The van der Waals surface area contributed by atoms with E-state index < -0.39 is 0 Å². The van der Waals surface area contributed by atoms with E-state index in [1.54, 1.807) is 6.20 Å². The Morgan fingerprint density at radius 1 is 1.00 bits per heavy atom. The van der Waals surface area contributed by atoms with Gasteiger partial charge in [-0.15, -0.1) is 0 Å². The predicted octanol–water partition coefficient (Wildman–Crippen LogP) is 4.00. The highest BCUT2D eigenvalue weighted by atomic mass is 16.5. The van der Waals surface area contributed by atoms with Crippen LogP contribution in [0, 0.1) is 6.92 Å². The van der Waals surface area contributed by atoms with Gasteiger partial charge in [-0.2, -0.15) is 0 Å². The van der Waals surface area contributed by atoms with Gasteiger partial charge in [-0.05, 0) is 24.6 Å². The second-order valence-electron chi connectivity index (χ2n) is 3.41. The van der Waals surface area contributed by atoms with Crippen LogP contribution in [0.15, 0.2) is 48.7 Å². The van der Waals surface area contributed by atoms with E-state index in [1.165, 1.54) is 0 Å². The van der Waals surface area contributed by atoms with E-state index in [9.17, 15) is 0 Å². The largest absolute Gasteiger partial charge is 0.487 e. The summed E-state index contributed by atoms with van der Waals surface area (Å²) in [6.07, 6.45) is 1.75. The Morgan fingerprint density at radius 2 is 1.71 bits per heavy atom. The first kappa shape index (κ1) is 13.2. The number of nitrogens with zero attached hydrogens (tertiary/aromatic N) is 1. The summed E-state index contributed by atoms with van der Waals surface area (Å²) in [5, 5.41) is 0. The second kappa shape index (κ2) is 7.44. The molecular formula is C15H19NO. The fourth-order valence-corrected chi connectivity index (χ4v) is 1.28.